The van der Waals surface area contributed by atoms with Gasteiger partial charge in [-0.2, -0.15) is 9.97 Å². The maximum Gasteiger partial charge on any atom is 0.414 e. The van der Waals surface area contributed by atoms with Gasteiger partial charge in [0.15, 0.2) is 17.0 Å². The molecule has 0 radical (unpaired) electrons. The Morgan fingerprint density at radius 1 is 1.18 bits per heavy atom. The standard InChI is InChI=1S/C20H26N6O2/c1-13(2)26-12-22-15-16(21-11-14-9-7-6-8-10-14)23-18(24-17(15)26)25-19(27)28-20(3,4)5/h6-10,12-13H,11H2,1-5H3,(H2,21,23,24,25,27). The molecular weight excluding hydrogens is 356 g/mol. The van der Waals surface area contributed by atoms with Gasteiger partial charge in [0, 0.05) is 12.6 Å². The highest BCUT2D eigenvalue weighted by atomic mass is 16.6. The van der Waals surface area contributed by atoms with Crippen molar-refractivity contribution in [3.05, 3.63) is 42.2 Å². The van der Waals surface area contributed by atoms with Crippen LogP contribution in [0.15, 0.2) is 36.7 Å². The van der Waals surface area contributed by atoms with Crippen LogP contribution in [0.25, 0.3) is 11.2 Å². The zero-order valence-electron chi connectivity index (χ0n) is 16.9. The first-order valence-corrected chi connectivity index (χ1v) is 9.25. The summed E-state index contributed by atoms with van der Waals surface area (Å²) in [6, 6.07) is 10.1. The molecule has 0 aliphatic rings. The molecule has 3 aromatic rings. The predicted molar refractivity (Wildman–Crippen MR) is 109 cm³/mol. The summed E-state index contributed by atoms with van der Waals surface area (Å²) in [6.07, 6.45) is 1.13. The molecule has 28 heavy (non-hydrogen) atoms. The minimum Gasteiger partial charge on any atom is -0.444 e. The van der Waals surface area contributed by atoms with Crippen LogP contribution in [0.4, 0.5) is 16.6 Å². The fraction of sp³-hybridized carbons (Fsp3) is 0.400. The molecule has 0 aliphatic heterocycles. The van der Waals surface area contributed by atoms with Crippen LogP contribution in [0.3, 0.4) is 0 Å². The van der Waals surface area contributed by atoms with Crippen molar-refractivity contribution in [2.75, 3.05) is 10.6 Å². The molecule has 3 rings (SSSR count). The topological polar surface area (TPSA) is 94.0 Å². The molecule has 0 saturated heterocycles. The first-order chi connectivity index (χ1) is 13.2. The van der Waals surface area contributed by atoms with Crippen LogP contribution in [0.5, 0.6) is 0 Å². The molecule has 2 N–H and O–H groups in total. The lowest BCUT2D eigenvalue weighted by molar-refractivity contribution is 0.0634. The van der Waals surface area contributed by atoms with Crippen LogP contribution in [0.2, 0.25) is 0 Å². The summed E-state index contributed by atoms with van der Waals surface area (Å²) >= 11 is 0. The third-order valence-electron chi connectivity index (χ3n) is 3.89. The average molecular weight is 382 g/mol. The molecule has 0 spiro atoms. The number of nitrogens with one attached hydrogen (secondary N) is 2. The van der Waals surface area contributed by atoms with Gasteiger partial charge < -0.3 is 14.6 Å². The third-order valence-corrected chi connectivity index (χ3v) is 3.89. The zero-order valence-corrected chi connectivity index (χ0v) is 16.9. The number of imidazole rings is 1. The highest BCUT2D eigenvalue weighted by Gasteiger charge is 2.19. The number of amides is 1. The summed E-state index contributed by atoms with van der Waals surface area (Å²) in [6.45, 7) is 10.1. The van der Waals surface area contributed by atoms with Gasteiger partial charge in [-0.3, -0.25) is 5.32 Å². The Hall–Kier alpha value is -3.16. The number of anilines is 2. The van der Waals surface area contributed by atoms with E-state index in [-0.39, 0.29) is 12.0 Å². The number of carbonyl (C=O) groups is 1. The highest BCUT2D eigenvalue weighted by Crippen LogP contribution is 2.24. The second-order valence-corrected chi connectivity index (χ2v) is 7.78. The highest BCUT2D eigenvalue weighted by molar-refractivity contribution is 5.88. The molecule has 0 saturated carbocycles. The fourth-order valence-electron chi connectivity index (χ4n) is 2.65. The molecule has 0 aliphatic carbocycles. The van der Waals surface area contributed by atoms with Crippen LogP contribution in [0.1, 0.15) is 46.2 Å². The van der Waals surface area contributed by atoms with Crippen molar-refractivity contribution in [3.8, 4) is 0 Å². The molecule has 1 aromatic carbocycles. The van der Waals surface area contributed by atoms with Gasteiger partial charge in [0.05, 0.1) is 6.33 Å². The number of hydrogen-bond acceptors (Lipinski definition) is 6. The Morgan fingerprint density at radius 2 is 1.89 bits per heavy atom. The normalized spacial score (nSPS) is 11.6. The smallest absolute Gasteiger partial charge is 0.414 e. The molecule has 148 valence electrons. The molecule has 8 heteroatoms. The molecule has 0 unspecified atom stereocenters. The van der Waals surface area contributed by atoms with E-state index in [1.807, 2.05) is 48.7 Å². The Morgan fingerprint density at radius 3 is 2.54 bits per heavy atom. The van der Waals surface area contributed by atoms with E-state index >= 15 is 0 Å². The van der Waals surface area contributed by atoms with Crippen molar-refractivity contribution in [1.82, 2.24) is 19.5 Å². The van der Waals surface area contributed by atoms with Crippen molar-refractivity contribution >= 4 is 29.0 Å². The molecule has 0 bridgehead atoms. The summed E-state index contributed by atoms with van der Waals surface area (Å²) in [4.78, 5) is 25.5. The van der Waals surface area contributed by atoms with Gasteiger partial charge in [-0.25, -0.2) is 9.78 Å². The minimum atomic E-state index is -0.609. The molecule has 2 aromatic heterocycles. The Bertz CT molecular complexity index is 960. The third kappa shape index (κ3) is 4.76. The van der Waals surface area contributed by atoms with E-state index in [0.29, 0.717) is 23.5 Å². The Balaban J connectivity index is 1.92. The lowest BCUT2D eigenvalue weighted by Crippen LogP contribution is -2.28. The Kier molecular flexibility index (Phi) is 5.48. The van der Waals surface area contributed by atoms with Crippen LogP contribution in [0, 0.1) is 0 Å². The van der Waals surface area contributed by atoms with Crippen LogP contribution >= 0.6 is 0 Å². The average Bonchev–Trinajstić information content (AvgIpc) is 3.03. The second-order valence-electron chi connectivity index (χ2n) is 7.78. The maximum absolute atomic E-state index is 12.2. The van der Waals surface area contributed by atoms with E-state index in [9.17, 15) is 4.79 Å². The number of benzene rings is 1. The predicted octanol–water partition coefficient (Wildman–Crippen LogP) is 4.37. The molecule has 0 fully saturated rings. The Labute approximate surface area is 164 Å². The number of aromatic nitrogens is 4. The largest absolute Gasteiger partial charge is 0.444 e. The molecular formula is C20H26N6O2. The van der Waals surface area contributed by atoms with Gasteiger partial charge in [-0.15, -0.1) is 0 Å². The number of fused-ring (bicyclic) bond motifs is 1. The van der Waals surface area contributed by atoms with Crippen molar-refractivity contribution < 1.29 is 9.53 Å². The van der Waals surface area contributed by atoms with Gasteiger partial charge >= 0.3 is 6.09 Å². The molecule has 0 atom stereocenters. The number of ether oxygens (including phenoxy) is 1. The van der Waals surface area contributed by atoms with Gasteiger partial charge in [-0.05, 0) is 40.2 Å². The second kappa shape index (κ2) is 7.84. The summed E-state index contributed by atoms with van der Waals surface area (Å²) in [7, 11) is 0. The van der Waals surface area contributed by atoms with Crippen molar-refractivity contribution in [2.24, 2.45) is 0 Å². The quantitative estimate of drug-likeness (QED) is 0.681. The zero-order chi connectivity index (χ0) is 20.3. The van der Waals surface area contributed by atoms with Gasteiger partial charge in [0.1, 0.15) is 5.60 Å². The van der Waals surface area contributed by atoms with E-state index in [1.54, 1.807) is 27.1 Å². The van der Waals surface area contributed by atoms with Gasteiger partial charge in [0.25, 0.3) is 0 Å². The summed E-state index contributed by atoms with van der Waals surface area (Å²) in [5.74, 6) is 0.721. The lowest BCUT2D eigenvalue weighted by Gasteiger charge is -2.19. The SMILES string of the molecule is CC(C)n1cnc2c(NCc3ccccc3)nc(NC(=O)OC(C)(C)C)nc21. The van der Waals surface area contributed by atoms with E-state index in [2.05, 4.69) is 25.6 Å². The molecule has 2 heterocycles. The van der Waals surface area contributed by atoms with Crippen LogP contribution < -0.4 is 10.6 Å². The molecule has 8 nitrogen and oxygen atoms in total. The van der Waals surface area contributed by atoms with Gasteiger partial charge in [0.2, 0.25) is 5.95 Å². The van der Waals surface area contributed by atoms with E-state index in [4.69, 9.17) is 4.74 Å². The van der Waals surface area contributed by atoms with Crippen molar-refractivity contribution in [1.29, 1.82) is 0 Å². The number of rotatable bonds is 5. The van der Waals surface area contributed by atoms with Crippen molar-refractivity contribution in [2.45, 2.75) is 52.8 Å². The first kappa shape index (κ1) is 19.6. The van der Waals surface area contributed by atoms with E-state index < -0.39 is 11.7 Å². The summed E-state index contributed by atoms with van der Waals surface area (Å²) in [5, 5.41) is 5.92. The van der Waals surface area contributed by atoms with Crippen LogP contribution in [-0.2, 0) is 11.3 Å². The summed E-state index contributed by atoms with van der Waals surface area (Å²) in [5.41, 5.74) is 1.80. The van der Waals surface area contributed by atoms with E-state index in [0.717, 1.165) is 5.56 Å². The monoisotopic (exact) mass is 382 g/mol. The fourth-order valence-corrected chi connectivity index (χ4v) is 2.65. The minimum absolute atomic E-state index is 0.163. The number of carbonyl (C=O) groups excluding carboxylic acids is 1. The molecule has 1 amide bonds. The summed E-state index contributed by atoms with van der Waals surface area (Å²) < 4.78 is 7.24. The number of nitrogens with zero attached hydrogens (tertiary/aromatic N) is 4. The number of hydrogen-bond donors (Lipinski definition) is 2. The lowest BCUT2D eigenvalue weighted by atomic mass is 10.2. The van der Waals surface area contributed by atoms with Gasteiger partial charge in [-0.1, -0.05) is 30.3 Å². The first-order valence-electron chi connectivity index (χ1n) is 9.25. The maximum atomic E-state index is 12.2. The van der Waals surface area contributed by atoms with Crippen molar-refractivity contribution in [3.63, 3.8) is 0 Å². The van der Waals surface area contributed by atoms with E-state index in [1.165, 1.54) is 0 Å². The van der Waals surface area contributed by atoms with Crippen LogP contribution in [-0.4, -0.2) is 31.2 Å².